The first-order chi connectivity index (χ1) is 10.7. The minimum absolute atomic E-state index is 0.107. The Kier molecular flexibility index (Phi) is 3.89. The number of alkyl halides is 1. The first-order valence-corrected chi connectivity index (χ1v) is 9.17. The summed E-state index contributed by atoms with van der Waals surface area (Å²) in [5.41, 5.74) is 1.22. The van der Waals surface area contributed by atoms with Crippen molar-refractivity contribution in [2.45, 2.75) is 44.7 Å². The first-order valence-electron chi connectivity index (χ1n) is 8.64. The van der Waals surface area contributed by atoms with Crippen LogP contribution in [0.1, 0.15) is 37.7 Å². The summed E-state index contributed by atoms with van der Waals surface area (Å²) in [5, 5.41) is 0. The number of halogens is 1. The molecule has 0 unspecified atom stereocenters. The van der Waals surface area contributed by atoms with Crippen LogP contribution in [0.3, 0.4) is 0 Å². The minimum Gasteiger partial charge on any atom is -0.334 e. The Hall–Kier alpha value is -1.02. The molecule has 118 valence electrons. The van der Waals surface area contributed by atoms with E-state index in [2.05, 4.69) is 29.2 Å². The van der Waals surface area contributed by atoms with Gasteiger partial charge in [0.15, 0.2) is 0 Å². The highest BCUT2D eigenvalue weighted by Crippen LogP contribution is 2.55. The van der Waals surface area contributed by atoms with E-state index in [1.165, 1.54) is 37.7 Å². The number of carbonyl (C=O) groups is 1. The van der Waals surface area contributed by atoms with Crippen LogP contribution in [0.4, 0.5) is 0 Å². The molecule has 1 aromatic carbocycles. The summed E-state index contributed by atoms with van der Waals surface area (Å²) < 4.78 is 0. The lowest BCUT2D eigenvalue weighted by Gasteiger charge is -2.57. The van der Waals surface area contributed by atoms with E-state index in [0.717, 1.165) is 18.4 Å². The van der Waals surface area contributed by atoms with Gasteiger partial charge in [-0.25, -0.2) is 0 Å². The molecule has 0 atom stereocenters. The Balaban J connectivity index is 1.59. The molecule has 0 N–H and O–H groups in total. The lowest BCUT2D eigenvalue weighted by atomic mass is 9.54. The fourth-order valence-corrected chi connectivity index (χ4v) is 5.78. The molecule has 0 heterocycles. The Bertz CT molecular complexity index is 516. The van der Waals surface area contributed by atoms with Crippen molar-refractivity contribution < 1.29 is 4.79 Å². The zero-order valence-corrected chi connectivity index (χ0v) is 13.7. The second kappa shape index (κ2) is 5.88. The molecule has 0 spiro atoms. The Morgan fingerprint density at radius 1 is 1.00 bits per heavy atom. The average molecular weight is 318 g/mol. The number of hydrogen-bond donors (Lipinski definition) is 0. The van der Waals surface area contributed by atoms with Crippen LogP contribution in [0.5, 0.6) is 0 Å². The highest BCUT2D eigenvalue weighted by atomic mass is 35.5. The summed E-state index contributed by atoms with van der Waals surface area (Å²) in [4.78, 5) is 14.7. The predicted octanol–water partition coefficient (Wildman–Crippen LogP) is 4.08. The number of amides is 1. The SMILES string of the molecule is O=C(CCl)N(Cc1ccccc1)C1C2CC3CC(C2)CC1C3. The summed E-state index contributed by atoms with van der Waals surface area (Å²) in [7, 11) is 0. The van der Waals surface area contributed by atoms with Crippen LogP contribution in [0, 0.1) is 23.7 Å². The van der Waals surface area contributed by atoms with Crippen LogP contribution < -0.4 is 0 Å². The van der Waals surface area contributed by atoms with E-state index in [1.807, 2.05) is 6.07 Å². The van der Waals surface area contributed by atoms with Gasteiger partial charge < -0.3 is 4.90 Å². The smallest absolute Gasteiger partial charge is 0.238 e. The standard InChI is InChI=1S/C19H24ClNO/c20-11-18(22)21(12-13-4-2-1-3-5-13)19-16-7-14-6-15(9-16)10-17(19)8-14/h1-5,14-17,19H,6-12H2. The highest BCUT2D eigenvalue weighted by Gasteiger charge is 2.50. The van der Waals surface area contributed by atoms with Gasteiger partial charge in [0.2, 0.25) is 5.91 Å². The van der Waals surface area contributed by atoms with E-state index < -0.39 is 0 Å². The van der Waals surface area contributed by atoms with Crippen molar-refractivity contribution in [3.05, 3.63) is 35.9 Å². The van der Waals surface area contributed by atoms with Gasteiger partial charge in [-0.2, -0.15) is 0 Å². The Morgan fingerprint density at radius 3 is 2.14 bits per heavy atom. The molecule has 0 aliphatic heterocycles. The molecule has 2 nitrogen and oxygen atoms in total. The summed E-state index contributed by atoms with van der Waals surface area (Å²) in [6, 6.07) is 10.8. The molecule has 3 heteroatoms. The van der Waals surface area contributed by atoms with Gasteiger partial charge in [-0.3, -0.25) is 4.79 Å². The second-order valence-corrected chi connectivity index (χ2v) is 7.83. The normalized spacial score (nSPS) is 35.6. The second-order valence-electron chi connectivity index (χ2n) is 7.56. The number of carbonyl (C=O) groups excluding carboxylic acids is 1. The van der Waals surface area contributed by atoms with Crippen molar-refractivity contribution >= 4 is 17.5 Å². The van der Waals surface area contributed by atoms with Crippen LogP contribution in [-0.4, -0.2) is 22.7 Å². The summed E-state index contributed by atoms with van der Waals surface area (Å²) >= 11 is 5.94. The molecule has 4 saturated carbocycles. The number of nitrogens with zero attached hydrogens (tertiary/aromatic N) is 1. The Morgan fingerprint density at radius 2 is 1.59 bits per heavy atom. The maximum absolute atomic E-state index is 12.5. The maximum atomic E-state index is 12.5. The van der Waals surface area contributed by atoms with E-state index >= 15 is 0 Å². The van der Waals surface area contributed by atoms with Gasteiger partial charge in [0.25, 0.3) is 0 Å². The number of rotatable bonds is 4. The molecule has 1 amide bonds. The van der Waals surface area contributed by atoms with E-state index in [-0.39, 0.29) is 11.8 Å². The van der Waals surface area contributed by atoms with Gasteiger partial charge in [-0.1, -0.05) is 30.3 Å². The lowest BCUT2D eigenvalue weighted by Crippen LogP contribution is -2.57. The predicted molar refractivity (Wildman–Crippen MR) is 88.5 cm³/mol. The van der Waals surface area contributed by atoms with Crippen molar-refractivity contribution in [3.8, 4) is 0 Å². The molecule has 4 bridgehead atoms. The van der Waals surface area contributed by atoms with Crippen LogP contribution in [0.25, 0.3) is 0 Å². The van der Waals surface area contributed by atoms with Crippen molar-refractivity contribution in [3.63, 3.8) is 0 Å². The molecular formula is C19H24ClNO. The largest absolute Gasteiger partial charge is 0.334 e. The van der Waals surface area contributed by atoms with E-state index in [1.54, 1.807) is 0 Å². The third kappa shape index (κ3) is 2.56. The molecule has 1 aromatic rings. The molecule has 22 heavy (non-hydrogen) atoms. The van der Waals surface area contributed by atoms with Gasteiger partial charge in [0.1, 0.15) is 5.88 Å². The third-order valence-electron chi connectivity index (χ3n) is 6.17. The van der Waals surface area contributed by atoms with E-state index in [4.69, 9.17) is 11.6 Å². The Labute approximate surface area is 137 Å². The average Bonchev–Trinajstić information content (AvgIpc) is 2.53. The zero-order chi connectivity index (χ0) is 15.1. The monoisotopic (exact) mass is 317 g/mol. The molecule has 0 aromatic heterocycles. The molecule has 0 radical (unpaired) electrons. The number of hydrogen-bond acceptors (Lipinski definition) is 1. The lowest BCUT2D eigenvalue weighted by molar-refractivity contribution is -0.142. The zero-order valence-electron chi connectivity index (χ0n) is 13.0. The highest BCUT2D eigenvalue weighted by molar-refractivity contribution is 6.27. The van der Waals surface area contributed by atoms with Crippen LogP contribution >= 0.6 is 11.6 Å². The minimum atomic E-state index is 0.107. The van der Waals surface area contributed by atoms with Gasteiger partial charge in [0, 0.05) is 12.6 Å². The van der Waals surface area contributed by atoms with E-state index in [0.29, 0.717) is 17.9 Å². The van der Waals surface area contributed by atoms with Gasteiger partial charge >= 0.3 is 0 Å². The van der Waals surface area contributed by atoms with Crippen LogP contribution in [0.15, 0.2) is 30.3 Å². The van der Waals surface area contributed by atoms with Crippen LogP contribution in [0.2, 0.25) is 0 Å². The maximum Gasteiger partial charge on any atom is 0.238 e. The van der Waals surface area contributed by atoms with E-state index in [9.17, 15) is 4.79 Å². The number of benzene rings is 1. The summed E-state index contributed by atoms with van der Waals surface area (Å²) in [6.45, 7) is 0.722. The van der Waals surface area contributed by atoms with Crippen LogP contribution in [-0.2, 0) is 11.3 Å². The quantitative estimate of drug-likeness (QED) is 0.766. The van der Waals surface area contributed by atoms with Gasteiger partial charge in [-0.15, -0.1) is 11.6 Å². The third-order valence-corrected chi connectivity index (χ3v) is 6.40. The fourth-order valence-electron chi connectivity index (χ4n) is 5.62. The molecular weight excluding hydrogens is 294 g/mol. The van der Waals surface area contributed by atoms with Gasteiger partial charge in [-0.05, 0) is 61.3 Å². The summed E-state index contributed by atoms with van der Waals surface area (Å²) in [5.74, 6) is 3.52. The van der Waals surface area contributed by atoms with Crippen molar-refractivity contribution in [2.75, 3.05) is 5.88 Å². The first kappa shape index (κ1) is 14.6. The van der Waals surface area contributed by atoms with Crippen molar-refractivity contribution in [1.82, 2.24) is 4.90 Å². The fraction of sp³-hybridized carbons (Fsp3) is 0.632. The molecule has 4 aliphatic carbocycles. The molecule has 4 aliphatic rings. The molecule has 4 fully saturated rings. The van der Waals surface area contributed by atoms with Crippen molar-refractivity contribution in [2.24, 2.45) is 23.7 Å². The molecule has 5 rings (SSSR count). The van der Waals surface area contributed by atoms with Gasteiger partial charge in [0.05, 0.1) is 0 Å². The topological polar surface area (TPSA) is 20.3 Å². The van der Waals surface area contributed by atoms with Crippen molar-refractivity contribution in [1.29, 1.82) is 0 Å². The summed E-state index contributed by atoms with van der Waals surface area (Å²) in [6.07, 6.45) is 6.77. The molecule has 0 saturated heterocycles.